The van der Waals surface area contributed by atoms with Crippen LogP contribution in [0, 0.1) is 11.8 Å². The van der Waals surface area contributed by atoms with Crippen LogP contribution in [0.2, 0.25) is 0 Å². The molecule has 0 saturated carbocycles. The molecule has 0 aromatic heterocycles. The molecule has 37 heavy (non-hydrogen) atoms. The number of carbonyl (C=O) groups is 4. The number of amides is 1. The maximum Gasteiger partial charge on any atom is 0.328 e. The van der Waals surface area contributed by atoms with Crippen molar-refractivity contribution in [2.45, 2.75) is 30.6 Å². The fourth-order valence-corrected chi connectivity index (χ4v) is 5.93. The number of primary amides is 1. The van der Waals surface area contributed by atoms with E-state index in [4.69, 9.17) is 10.8 Å². The minimum absolute atomic E-state index is 0.0153. The van der Waals surface area contributed by atoms with Crippen LogP contribution >= 0.6 is 0 Å². The zero-order valence-electron chi connectivity index (χ0n) is 20.0. The first-order valence-corrected chi connectivity index (χ1v) is 11.3. The van der Waals surface area contributed by atoms with Crippen molar-refractivity contribution in [2.24, 2.45) is 17.6 Å². The Morgan fingerprint density at radius 3 is 2.30 bits per heavy atom. The lowest BCUT2D eigenvalue weighted by atomic mass is 9.55. The number of carbonyl (C=O) groups excluding carboxylic acids is 3. The highest BCUT2D eigenvalue weighted by Crippen LogP contribution is 2.55. The molecule has 4 rings (SSSR count). The number of hydrogen-bond donors (Lipinski definition) is 7. The summed E-state index contributed by atoms with van der Waals surface area (Å²) in [6.07, 6.45) is 0.126. The summed E-state index contributed by atoms with van der Waals surface area (Å²) in [6, 6.07) is 1.51. The lowest BCUT2D eigenvalue weighted by Crippen LogP contribution is -2.68. The molecule has 6 atom stereocenters. The summed E-state index contributed by atoms with van der Waals surface area (Å²) in [4.78, 5) is 51.3. The van der Waals surface area contributed by atoms with Gasteiger partial charge in [-0.1, -0.05) is 19.1 Å². The molecule has 0 radical (unpaired) electrons. The lowest BCUT2D eigenvalue weighted by molar-refractivity contribution is -0.162. The summed E-state index contributed by atoms with van der Waals surface area (Å²) in [5.74, 6) is -11.2. The number of aliphatic hydroxyl groups excluding tert-OH is 3. The van der Waals surface area contributed by atoms with Crippen LogP contribution in [0.5, 0.6) is 5.75 Å². The van der Waals surface area contributed by atoms with E-state index in [1.165, 1.54) is 31.1 Å². The summed E-state index contributed by atoms with van der Waals surface area (Å²) in [6.45, 7) is 1.60. The number of likely N-dealkylation sites (N-methyl/N-ethyl adjacent to an activating group) is 1. The molecule has 1 amide bonds. The van der Waals surface area contributed by atoms with Crippen molar-refractivity contribution in [2.75, 3.05) is 14.1 Å². The van der Waals surface area contributed by atoms with E-state index in [2.05, 4.69) is 0 Å². The van der Waals surface area contributed by atoms with Crippen LogP contribution in [-0.2, 0) is 14.4 Å². The number of aromatic hydroxyl groups is 1. The van der Waals surface area contributed by atoms with Crippen molar-refractivity contribution < 1.29 is 49.8 Å². The molecule has 0 bridgehead atoms. The number of fused-ring (bicyclic) bond motifs is 3. The van der Waals surface area contributed by atoms with Crippen LogP contribution in [0.3, 0.4) is 0 Å². The average molecular weight is 514 g/mol. The highest BCUT2D eigenvalue weighted by Gasteiger charge is 2.67. The largest absolute Gasteiger partial charge is 0.510 e. The van der Waals surface area contributed by atoms with Crippen LogP contribution < -0.4 is 5.73 Å². The zero-order chi connectivity index (χ0) is 27.7. The normalized spacial score (nSPS) is 31.5. The number of phenols is 1. The SMILES string of the molecule is C[C@@H]1c2ccc(/C=C/C(=O)O)c(O)c2C(=O)C2=C(O)[C@]3(O)C(=O)C(C(N)=O)=C(O)[C@H](N(C)C)[C@H]3[C@@H](O)[C@H]21. The monoisotopic (exact) mass is 514 g/mol. The first-order chi connectivity index (χ1) is 17.2. The van der Waals surface area contributed by atoms with Gasteiger partial charge in [-0.3, -0.25) is 19.3 Å². The van der Waals surface area contributed by atoms with Gasteiger partial charge in [0, 0.05) is 23.1 Å². The third kappa shape index (κ3) is 3.40. The molecule has 3 aliphatic rings. The highest BCUT2D eigenvalue weighted by atomic mass is 16.4. The number of ketones is 2. The van der Waals surface area contributed by atoms with Crippen LogP contribution in [0.4, 0.5) is 0 Å². The Morgan fingerprint density at radius 1 is 1.14 bits per heavy atom. The number of nitrogens with zero attached hydrogens (tertiary/aromatic N) is 1. The van der Waals surface area contributed by atoms with Crippen molar-refractivity contribution >= 4 is 29.5 Å². The minimum Gasteiger partial charge on any atom is -0.510 e. The Morgan fingerprint density at radius 2 is 1.76 bits per heavy atom. The first kappa shape index (κ1) is 26.1. The van der Waals surface area contributed by atoms with E-state index >= 15 is 0 Å². The topological polar surface area (TPSA) is 219 Å². The molecule has 8 N–H and O–H groups in total. The summed E-state index contributed by atoms with van der Waals surface area (Å²) >= 11 is 0. The fraction of sp³-hybridized carbons (Fsp3) is 0.360. The van der Waals surface area contributed by atoms with Crippen LogP contribution in [0.1, 0.15) is 34.3 Å². The second-order valence-corrected chi connectivity index (χ2v) is 9.69. The number of aliphatic carboxylic acids is 1. The summed E-state index contributed by atoms with van der Waals surface area (Å²) < 4.78 is 0. The van der Waals surface area contributed by atoms with Crippen molar-refractivity contribution in [3.63, 3.8) is 0 Å². The van der Waals surface area contributed by atoms with Crippen LogP contribution in [0.25, 0.3) is 6.08 Å². The number of phenolic OH excluding ortho intramolecular Hbond substituents is 1. The standard InChI is InChI=1S/C25H26N2O10/c1-8-10-6-4-9(5-7-11(28)29)18(30)13(10)19(31)14-12(8)20(32)16-17(27(2)3)21(33)15(24(26)36)23(35)25(16,37)22(14)34/h4-8,12,16-17,20,30,32-34,37H,1-3H3,(H2,26,36)(H,28,29)/b7-5+/t8-,12+,16+,17-,20+,25+/m1/s1. The average Bonchev–Trinajstić information content (AvgIpc) is 2.80. The maximum atomic E-state index is 13.7. The van der Waals surface area contributed by atoms with E-state index in [0.717, 1.165) is 12.2 Å². The molecule has 0 spiro atoms. The smallest absolute Gasteiger partial charge is 0.328 e. The number of carboxylic acids is 1. The summed E-state index contributed by atoms with van der Waals surface area (Å²) in [7, 11) is 2.90. The number of hydrogen-bond acceptors (Lipinski definition) is 10. The highest BCUT2D eigenvalue weighted by molar-refractivity contribution is 6.25. The van der Waals surface area contributed by atoms with Gasteiger partial charge in [0.05, 0.1) is 23.6 Å². The molecule has 12 nitrogen and oxygen atoms in total. The molecule has 1 aromatic carbocycles. The number of benzene rings is 1. The Kier molecular flexibility index (Phi) is 6.02. The number of aliphatic hydroxyl groups is 4. The lowest BCUT2D eigenvalue weighted by Gasteiger charge is -2.53. The maximum absolute atomic E-state index is 13.7. The van der Waals surface area contributed by atoms with Crippen molar-refractivity contribution in [1.82, 2.24) is 4.90 Å². The molecule has 0 unspecified atom stereocenters. The van der Waals surface area contributed by atoms with Gasteiger partial charge in [0.2, 0.25) is 5.78 Å². The van der Waals surface area contributed by atoms with Gasteiger partial charge in [0.15, 0.2) is 11.4 Å². The molecule has 0 saturated heterocycles. The Balaban J connectivity index is 2.01. The molecule has 12 heteroatoms. The Labute approximate surface area is 210 Å². The van der Waals surface area contributed by atoms with Gasteiger partial charge in [-0.25, -0.2) is 4.79 Å². The third-order valence-corrected chi connectivity index (χ3v) is 7.57. The number of nitrogens with two attached hydrogens (primary N) is 1. The van der Waals surface area contributed by atoms with Crippen LogP contribution in [-0.4, -0.2) is 90.8 Å². The predicted octanol–water partition coefficient (Wildman–Crippen LogP) is -0.250. The minimum atomic E-state index is -3.00. The summed E-state index contributed by atoms with van der Waals surface area (Å²) in [5.41, 5.74) is 0.732. The van der Waals surface area contributed by atoms with E-state index in [9.17, 15) is 44.7 Å². The molecule has 196 valence electrons. The predicted molar refractivity (Wildman–Crippen MR) is 126 cm³/mol. The molecule has 1 aromatic rings. The Bertz CT molecular complexity index is 1360. The molecular formula is C25H26N2O10. The van der Waals surface area contributed by atoms with E-state index in [-0.39, 0.29) is 16.7 Å². The molecule has 3 aliphatic carbocycles. The molecular weight excluding hydrogens is 488 g/mol. The van der Waals surface area contributed by atoms with E-state index in [1.807, 2.05) is 0 Å². The van der Waals surface area contributed by atoms with Crippen molar-refractivity contribution in [3.8, 4) is 5.75 Å². The van der Waals surface area contributed by atoms with Gasteiger partial charge >= 0.3 is 5.97 Å². The van der Waals surface area contributed by atoms with Gasteiger partial charge in [0.25, 0.3) is 5.91 Å². The number of Topliss-reactive ketones (excluding diaryl/α,β-unsaturated/α-hetero) is 2. The van der Waals surface area contributed by atoms with Gasteiger partial charge in [-0.15, -0.1) is 0 Å². The molecule has 0 aliphatic heterocycles. The van der Waals surface area contributed by atoms with E-state index < -0.39 is 87.4 Å². The van der Waals surface area contributed by atoms with Crippen molar-refractivity contribution in [1.29, 1.82) is 0 Å². The van der Waals surface area contributed by atoms with Gasteiger partial charge < -0.3 is 36.4 Å². The fourth-order valence-electron chi connectivity index (χ4n) is 5.93. The van der Waals surface area contributed by atoms with E-state index in [1.54, 1.807) is 6.92 Å². The summed E-state index contributed by atoms with van der Waals surface area (Å²) in [5, 5.41) is 65.0. The van der Waals surface area contributed by atoms with Gasteiger partial charge in [0.1, 0.15) is 22.8 Å². The zero-order valence-corrected chi connectivity index (χ0v) is 20.0. The quantitative estimate of drug-likeness (QED) is 0.205. The van der Waals surface area contributed by atoms with E-state index in [0.29, 0.717) is 0 Å². The second-order valence-electron chi connectivity index (χ2n) is 9.69. The molecule has 0 fully saturated rings. The number of rotatable bonds is 4. The second kappa shape index (κ2) is 8.54. The first-order valence-electron chi connectivity index (χ1n) is 11.3. The number of carboxylic acid groups (broad SMARTS) is 1. The third-order valence-electron chi connectivity index (χ3n) is 7.57. The van der Waals surface area contributed by atoms with Gasteiger partial charge in [-0.05, 0) is 31.7 Å². The van der Waals surface area contributed by atoms with Crippen LogP contribution in [0.15, 0.2) is 40.9 Å². The van der Waals surface area contributed by atoms with Gasteiger partial charge in [-0.2, -0.15) is 0 Å². The van der Waals surface area contributed by atoms with Crippen molar-refractivity contribution in [3.05, 3.63) is 57.6 Å². The molecule has 0 heterocycles. The Hall–Kier alpha value is -4.00.